The Balaban J connectivity index is 1.80. The molecule has 180 valence electrons. The van der Waals surface area contributed by atoms with Gasteiger partial charge in [0.2, 0.25) is 0 Å². The van der Waals surface area contributed by atoms with Crippen LogP contribution < -0.4 is 4.74 Å². The molecule has 5 nitrogen and oxygen atoms in total. The Morgan fingerprint density at radius 3 is 2.03 bits per heavy atom. The van der Waals surface area contributed by atoms with E-state index in [1.165, 1.54) is 12.2 Å². The summed E-state index contributed by atoms with van der Waals surface area (Å²) in [6.07, 6.45) is 10.1. The van der Waals surface area contributed by atoms with Gasteiger partial charge in [-0.3, -0.25) is 9.59 Å². The second-order valence-electron chi connectivity index (χ2n) is 9.52. The molecule has 1 aliphatic rings. The van der Waals surface area contributed by atoms with E-state index in [1.807, 2.05) is 13.8 Å². The Kier molecular flexibility index (Phi) is 8.32. The monoisotopic (exact) mass is 462 g/mol. The zero-order valence-corrected chi connectivity index (χ0v) is 20.2. The molecule has 1 fully saturated rings. The van der Waals surface area contributed by atoms with E-state index in [0.29, 0.717) is 31.1 Å². The van der Waals surface area contributed by atoms with Gasteiger partial charge in [-0.25, -0.2) is 0 Å². The number of carbonyl (C=O) groups excluding carboxylic acids is 2. The molecule has 2 aromatic rings. The number of rotatable bonds is 9. The average molecular weight is 463 g/mol. The lowest BCUT2D eigenvalue weighted by molar-refractivity contribution is -0.137. The van der Waals surface area contributed by atoms with Gasteiger partial charge in [0.05, 0.1) is 12.0 Å². The first kappa shape index (κ1) is 25.3. The van der Waals surface area contributed by atoms with E-state index in [9.17, 15) is 19.8 Å². The Morgan fingerprint density at radius 1 is 0.912 bits per heavy atom. The summed E-state index contributed by atoms with van der Waals surface area (Å²) in [4.78, 5) is 26.7. The number of hydrogen-bond acceptors (Lipinski definition) is 5. The molecule has 0 spiro atoms. The lowest BCUT2D eigenvalue weighted by Crippen LogP contribution is -2.39. The van der Waals surface area contributed by atoms with E-state index in [2.05, 4.69) is 0 Å². The van der Waals surface area contributed by atoms with Crippen molar-refractivity contribution >= 4 is 23.7 Å². The number of benzene rings is 2. The zero-order valence-electron chi connectivity index (χ0n) is 20.2. The molecule has 0 atom stereocenters. The number of carbonyl (C=O) groups is 2. The van der Waals surface area contributed by atoms with Crippen LogP contribution >= 0.6 is 0 Å². The fourth-order valence-corrected chi connectivity index (χ4v) is 4.22. The second-order valence-corrected chi connectivity index (χ2v) is 9.52. The Hall–Kier alpha value is -3.34. The Morgan fingerprint density at radius 2 is 1.47 bits per heavy atom. The second kappa shape index (κ2) is 11.2. The average Bonchev–Trinajstić information content (AvgIpc) is 2.83. The van der Waals surface area contributed by atoms with Crippen LogP contribution in [0, 0.1) is 18.3 Å². The van der Waals surface area contributed by atoms with Crippen LogP contribution in [0.15, 0.2) is 48.6 Å². The number of hydrogen-bond donors (Lipinski definition) is 2. The fourth-order valence-electron chi connectivity index (χ4n) is 4.22. The molecule has 5 heteroatoms. The molecule has 1 aliphatic carbocycles. The highest BCUT2D eigenvalue weighted by atomic mass is 16.5. The molecule has 0 bridgehead atoms. The summed E-state index contributed by atoms with van der Waals surface area (Å²) in [5.41, 5.74) is 1.20. The van der Waals surface area contributed by atoms with Gasteiger partial charge in [0, 0.05) is 0 Å². The molecule has 2 N–H and O–H groups in total. The van der Waals surface area contributed by atoms with Crippen LogP contribution in [0.4, 0.5) is 0 Å². The first-order valence-electron chi connectivity index (χ1n) is 11.9. The highest BCUT2D eigenvalue weighted by Gasteiger charge is 2.43. The quantitative estimate of drug-likeness (QED) is 0.340. The molecular weight excluding hydrogens is 428 g/mol. The van der Waals surface area contributed by atoms with Crippen LogP contribution in [-0.4, -0.2) is 28.4 Å². The summed E-state index contributed by atoms with van der Waals surface area (Å²) < 4.78 is 5.66. The van der Waals surface area contributed by atoms with Gasteiger partial charge >= 0.3 is 0 Å². The minimum atomic E-state index is -1.05. The molecule has 2 aromatic carbocycles. The maximum Gasteiger partial charge on any atom is 0.169 e. The van der Waals surface area contributed by atoms with Gasteiger partial charge in [0.1, 0.15) is 5.75 Å². The molecule has 0 unspecified atom stereocenters. The molecule has 0 aromatic heterocycles. The summed E-state index contributed by atoms with van der Waals surface area (Å²) in [5.74, 6) is 0.577. The Labute approximate surface area is 201 Å². The van der Waals surface area contributed by atoms with Crippen molar-refractivity contribution in [3.05, 3.63) is 65.2 Å². The number of aryl methyl sites for hydroxylation is 1. The number of ether oxygens (including phenoxy) is 1. The van der Waals surface area contributed by atoms with Gasteiger partial charge in [-0.2, -0.15) is 0 Å². The van der Waals surface area contributed by atoms with E-state index < -0.39 is 5.41 Å². The topological polar surface area (TPSA) is 83.8 Å². The molecule has 34 heavy (non-hydrogen) atoms. The molecular formula is C29H34O5. The number of phenols is 2. The normalized spacial score (nSPS) is 15.8. The van der Waals surface area contributed by atoms with Crippen molar-refractivity contribution < 1.29 is 24.5 Å². The van der Waals surface area contributed by atoms with E-state index in [0.717, 1.165) is 36.0 Å². The predicted octanol–water partition coefficient (Wildman–Crippen LogP) is 6.26. The van der Waals surface area contributed by atoms with Crippen molar-refractivity contribution in [2.75, 3.05) is 6.61 Å². The third-order valence-corrected chi connectivity index (χ3v) is 6.28. The maximum absolute atomic E-state index is 13.4. The Bertz CT molecular complexity index is 1090. The largest absolute Gasteiger partial charge is 0.508 e. The highest BCUT2D eigenvalue weighted by molar-refractivity contribution is 6.17. The van der Waals surface area contributed by atoms with Crippen molar-refractivity contribution in [3.63, 3.8) is 0 Å². The van der Waals surface area contributed by atoms with Crippen LogP contribution in [0.2, 0.25) is 0 Å². The molecule has 3 rings (SSSR count). The van der Waals surface area contributed by atoms with Crippen molar-refractivity contribution in [2.45, 2.75) is 52.9 Å². The van der Waals surface area contributed by atoms with E-state index in [1.54, 1.807) is 55.5 Å². The number of phenolic OH excluding ortho intramolecular Hbond substituents is 2. The molecule has 0 heterocycles. The summed E-state index contributed by atoms with van der Waals surface area (Å²) in [6.45, 7) is 6.33. The number of aromatic hydroxyl groups is 2. The number of ketones is 2. The van der Waals surface area contributed by atoms with E-state index in [-0.39, 0.29) is 23.1 Å². The lowest BCUT2D eigenvalue weighted by atomic mass is 9.68. The lowest BCUT2D eigenvalue weighted by Gasteiger charge is -2.32. The van der Waals surface area contributed by atoms with Gasteiger partial charge in [0.25, 0.3) is 0 Å². The van der Waals surface area contributed by atoms with Gasteiger partial charge in [0.15, 0.2) is 23.1 Å². The maximum atomic E-state index is 13.4. The molecule has 0 radical (unpaired) electrons. The van der Waals surface area contributed by atoms with Crippen LogP contribution in [0.3, 0.4) is 0 Å². The first-order valence-corrected chi connectivity index (χ1v) is 11.9. The summed E-state index contributed by atoms with van der Waals surface area (Å²) in [7, 11) is 0. The minimum absolute atomic E-state index is 0.0534. The fraction of sp³-hybridized carbons (Fsp3) is 0.379. The van der Waals surface area contributed by atoms with Gasteiger partial charge in [-0.1, -0.05) is 57.4 Å². The highest BCUT2D eigenvalue weighted by Crippen LogP contribution is 2.39. The third kappa shape index (κ3) is 6.16. The van der Waals surface area contributed by atoms with Gasteiger partial charge in [-0.15, -0.1) is 0 Å². The van der Waals surface area contributed by atoms with E-state index >= 15 is 0 Å². The standard InChI is InChI=1S/C29H34O5/c1-20(2)19-34-26-18-23(8-12-25(26)31)10-14-28(33)29(15-5-4-6-16-29)27(32)13-9-22-7-11-24(30)21(3)17-22/h7-14,17-18,20,30-31H,4-6,15-16,19H2,1-3H3/b13-9+,14-10+. The van der Waals surface area contributed by atoms with Crippen molar-refractivity contribution in [1.29, 1.82) is 0 Å². The summed E-state index contributed by atoms with van der Waals surface area (Å²) >= 11 is 0. The molecule has 0 aliphatic heterocycles. The van der Waals surface area contributed by atoms with Crippen LogP contribution in [0.25, 0.3) is 12.2 Å². The smallest absolute Gasteiger partial charge is 0.169 e. The van der Waals surface area contributed by atoms with Crippen molar-refractivity contribution in [2.24, 2.45) is 11.3 Å². The third-order valence-electron chi connectivity index (χ3n) is 6.28. The minimum Gasteiger partial charge on any atom is -0.508 e. The first-order chi connectivity index (χ1) is 16.2. The van der Waals surface area contributed by atoms with Crippen molar-refractivity contribution in [1.82, 2.24) is 0 Å². The van der Waals surface area contributed by atoms with Crippen molar-refractivity contribution in [3.8, 4) is 17.2 Å². The molecule has 1 saturated carbocycles. The van der Waals surface area contributed by atoms with Crippen LogP contribution in [-0.2, 0) is 9.59 Å². The molecule has 0 amide bonds. The van der Waals surface area contributed by atoms with Gasteiger partial charge < -0.3 is 14.9 Å². The SMILES string of the molecule is Cc1cc(/C=C/C(=O)C2(C(=O)/C=C/c3ccc(O)c(OCC(C)C)c3)CCCCC2)ccc1O. The van der Waals surface area contributed by atoms with E-state index in [4.69, 9.17) is 4.74 Å². The summed E-state index contributed by atoms with van der Waals surface area (Å²) in [6, 6.07) is 10.1. The van der Waals surface area contributed by atoms with Crippen LogP contribution in [0.1, 0.15) is 62.6 Å². The van der Waals surface area contributed by atoms with Gasteiger partial charge in [-0.05, 0) is 78.8 Å². The zero-order chi connectivity index (χ0) is 24.7. The summed E-state index contributed by atoms with van der Waals surface area (Å²) in [5, 5.41) is 19.8. The predicted molar refractivity (Wildman–Crippen MR) is 135 cm³/mol. The number of allylic oxidation sites excluding steroid dienone is 2. The van der Waals surface area contributed by atoms with Crippen LogP contribution in [0.5, 0.6) is 17.2 Å². The molecule has 0 saturated heterocycles.